The van der Waals surface area contributed by atoms with Crippen LogP contribution in [-0.4, -0.2) is 35.3 Å². The minimum Gasteiger partial charge on any atom is -0.481 e. The van der Waals surface area contributed by atoms with E-state index in [1.807, 2.05) is 0 Å². The molecule has 0 spiro atoms. The fourth-order valence-corrected chi connectivity index (χ4v) is 1.70. The lowest BCUT2D eigenvalue weighted by Crippen LogP contribution is -2.32. The third kappa shape index (κ3) is 3.46. The SMILES string of the molecule is CCC(CC)(CO)CNc1cc(OC)nc(N)n1. The van der Waals surface area contributed by atoms with E-state index in [0.29, 0.717) is 18.2 Å². The summed E-state index contributed by atoms with van der Waals surface area (Å²) in [5.41, 5.74) is 5.45. The van der Waals surface area contributed by atoms with Crippen LogP contribution in [0.4, 0.5) is 11.8 Å². The number of nitrogens with two attached hydrogens (primary N) is 1. The summed E-state index contributed by atoms with van der Waals surface area (Å²) in [5, 5.41) is 12.7. The van der Waals surface area contributed by atoms with Gasteiger partial charge in [-0.05, 0) is 12.8 Å². The van der Waals surface area contributed by atoms with Crippen molar-refractivity contribution in [3.8, 4) is 5.88 Å². The van der Waals surface area contributed by atoms with Gasteiger partial charge in [0.1, 0.15) is 5.82 Å². The van der Waals surface area contributed by atoms with E-state index in [9.17, 15) is 5.11 Å². The van der Waals surface area contributed by atoms with Gasteiger partial charge in [-0.2, -0.15) is 9.97 Å². The van der Waals surface area contributed by atoms with Crippen LogP contribution in [0, 0.1) is 5.41 Å². The normalized spacial score (nSPS) is 11.3. The van der Waals surface area contributed by atoms with Crippen LogP contribution in [0.25, 0.3) is 0 Å². The number of nitrogen functional groups attached to an aromatic ring is 1. The van der Waals surface area contributed by atoms with Gasteiger partial charge in [0, 0.05) is 18.0 Å². The molecule has 1 heterocycles. The average molecular weight is 254 g/mol. The summed E-state index contributed by atoms with van der Waals surface area (Å²) in [6.07, 6.45) is 1.79. The topological polar surface area (TPSA) is 93.3 Å². The molecule has 0 bridgehead atoms. The van der Waals surface area contributed by atoms with Gasteiger partial charge in [0.15, 0.2) is 0 Å². The summed E-state index contributed by atoms with van der Waals surface area (Å²) >= 11 is 0. The number of hydrogen-bond acceptors (Lipinski definition) is 6. The van der Waals surface area contributed by atoms with E-state index < -0.39 is 0 Å². The molecule has 1 aromatic rings. The molecule has 1 aromatic heterocycles. The van der Waals surface area contributed by atoms with Crippen molar-refractivity contribution in [2.24, 2.45) is 5.41 Å². The number of methoxy groups -OCH3 is 1. The van der Waals surface area contributed by atoms with Crippen LogP contribution < -0.4 is 15.8 Å². The van der Waals surface area contributed by atoms with E-state index in [1.54, 1.807) is 6.07 Å². The standard InChI is InChI=1S/C12H22N4O2/c1-4-12(5-2,8-17)7-14-9-6-10(18-3)16-11(13)15-9/h6,17H,4-5,7-8H2,1-3H3,(H3,13,14,15,16). The average Bonchev–Trinajstić information content (AvgIpc) is 2.40. The van der Waals surface area contributed by atoms with Crippen LogP contribution in [0.15, 0.2) is 6.07 Å². The maximum absolute atomic E-state index is 9.49. The van der Waals surface area contributed by atoms with Gasteiger partial charge in [-0.3, -0.25) is 0 Å². The summed E-state index contributed by atoms with van der Waals surface area (Å²) in [4.78, 5) is 7.99. The van der Waals surface area contributed by atoms with E-state index in [-0.39, 0.29) is 18.0 Å². The lowest BCUT2D eigenvalue weighted by molar-refractivity contribution is 0.127. The predicted octanol–water partition coefficient (Wildman–Crippen LogP) is 1.28. The first-order chi connectivity index (χ1) is 8.59. The van der Waals surface area contributed by atoms with E-state index in [1.165, 1.54) is 7.11 Å². The highest BCUT2D eigenvalue weighted by Crippen LogP contribution is 2.26. The second-order valence-electron chi connectivity index (χ2n) is 4.37. The van der Waals surface area contributed by atoms with Gasteiger partial charge in [0.05, 0.1) is 13.7 Å². The van der Waals surface area contributed by atoms with Crippen LogP contribution in [0.2, 0.25) is 0 Å². The Morgan fingerprint density at radius 2 is 2.06 bits per heavy atom. The lowest BCUT2D eigenvalue weighted by atomic mass is 9.83. The maximum Gasteiger partial charge on any atom is 0.225 e. The first-order valence-corrected chi connectivity index (χ1v) is 6.12. The molecule has 0 radical (unpaired) electrons. The van der Waals surface area contributed by atoms with Crippen LogP contribution in [0.3, 0.4) is 0 Å². The number of hydrogen-bond donors (Lipinski definition) is 3. The monoisotopic (exact) mass is 254 g/mol. The van der Waals surface area contributed by atoms with Gasteiger partial charge in [0.2, 0.25) is 11.8 Å². The Kier molecular flexibility index (Phi) is 5.15. The van der Waals surface area contributed by atoms with E-state index in [2.05, 4.69) is 29.1 Å². The van der Waals surface area contributed by atoms with E-state index >= 15 is 0 Å². The van der Waals surface area contributed by atoms with Gasteiger partial charge in [0.25, 0.3) is 0 Å². The van der Waals surface area contributed by atoms with Crippen molar-refractivity contribution in [1.29, 1.82) is 0 Å². The second-order valence-corrected chi connectivity index (χ2v) is 4.37. The summed E-state index contributed by atoms with van der Waals surface area (Å²) in [5.74, 6) is 1.20. The molecular formula is C12H22N4O2. The number of anilines is 2. The molecule has 0 aliphatic heterocycles. The Bertz CT molecular complexity index is 372. The molecule has 0 unspecified atom stereocenters. The van der Waals surface area contributed by atoms with Crippen molar-refractivity contribution in [3.05, 3.63) is 6.07 Å². The molecule has 1 rings (SSSR count). The minimum absolute atomic E-state index is 0.132. The molecule has 0 amide bonds. The van der Waals surface area contributed by atoms with Crippen molar-refractivity contribution < 1.29 is 9.84 Å². The number of aromatic nitrogens is 2. The highest BCUT2D eigenvalue weighted by Gasteiger charge is 2.25. The number of rotatable bonds is 7. The lowest BCUT2D eigenvalue weighted by Gasteiger charge is -2.29. The number of nitrogens with zero attached hydrogens (tertiary/aromatic N) is 2. The zero-order valence-electron chi connectivity index (χ0n) is 11.2. The first kappa shape index (κ1) is 14.5. The van der Waals surface area contributed by atoms with Crippen LogP contribution in [-0.2, 0) is 0 Å². The fourth-order valence-electron chi connectivity index (χ4n) is 1.70. The number of aliphatic hydroxyl groups is 1. The molecule has 4 N–H and O–H groups in total. The molecule has 18 heavy (non-hydrogen) atoms. The summed E-state index contributed by atoms with van der Waals surface area (Å²) in [7, 11) is 1.53. The Labute approximate surface area is 108 Å². The van der Waals surface area contributed by atoms with Gasteiger partial charge < -0.3 is 20.9 Å². The summed E-state index contributed by atoms with van der Waals surface area (Å²) < 4.78 is 5.03. The van der Waals surface area contributed by atoms with Crippen LogP contribution in [0.5, 0.6) is 5.88 Å². The number of ether oxygens (including phenoxy) is 1. The Hall–Kier alpha value is -1.56. The maximum atomic E-state index is 9.49. The van der Waals surface area contributed by atoms with Crippen molar-refractivity contribution in [3.63, 3.8) is 0 Å². The molecule has 6 heteroatoms. The van der Waals surface area contributed by atoms with Crippen molar-refractivity contribution in [1.82, 2.24) is 9.97 Å². The summed E-state index contributed by atoms with van der Waals surface area (Å²) in [6, 6.07) is 1.68. The molecule has 0 atom stereocenters. The zero-order chi connectivity index (χ0) is 13.6. The minimum atomic E-state index is -0.132. The first-order valence-electron chi connectivity index (χ1n) is 6.12. The second kappa shape index (κ2) is 6.39. The van der Waals surface area contributed by atoms with E-state index in [0.717, 1.165) is 12.8 Å². The Morgan fingerprint density at radius 3 is 2.56 bits per heavy atom. The van der Waals surface area contributed by atoms with Gasteiger partial charge in [-0.25, -0.2) is 0 Å². The van der Waals surface area contributed by atoms with Gasteiger partial charge in [-0.1, -0.05) is 13.8 Å². The quantitative estimate of drug-likeness (QED) is 0.678. The highest BCUT2D eigenvalue weighted by atomic mass is 16.5. The zero-order valence-corrected chi connectivity index (χ0v) is 11.2. The number of aliphatic hydroxyl groups excluding tert-OH is 1. The third-order valence-electron chi connectivity index (χ3n) is 3.41. The molecular weight excluding hydrogens is 232 g/mol. The highest BCUT2D eigenvalue weighted by molar-refractivity contribution is 5.42. The molecule has 0 saturated heterocycles. The van der Waals surface area contributed by atoms with Crippen LogP contribution in [0.1, 0.15) is 26.7 Å². The largest absolute Gasteiger partial charge is 0.481 e. The molecule has 0 aliphatic carbocycles. The molecule has 0 aliphatic rings. The molecule has 0 fully saturated rings. The Balaban J connectivity index is 2.76. The molecule has 102 valence electrons. The fraction of sp³-hybridized carbons (Fsp3) is 0.667. The van der Waals surface area contributed by atoms with Crippen molar-refractivity contribution >= 4 is 11.8 Å². The predicted molar refractivity (Wildman–Crippen MR) is 71.6 cm³/mol. The van der Waals surface area contributed by atoms with E-state index in [4.69, 9.17) is 10.5 Å². The van der Waals surface area contributed by atoms with Crippen LogP contribution >= 0.6 is 0 Å². The summed E-state index contributed by atoms with van der Waals surface area (Å²) in [6.45, 7) is 4.91. The number of nitrogens with one attached hydrogen (secondary N) is 1. The smallest absolute Gasteiger partial charge is 0.225 e. The molecule has 6 nitrogen and oxygen atoms in total. The van der Waals surface area contributed by atoms with Gasteiger partial charge in [-0.15, -0.1) is 0 Å². The Morgan fingerprint density at radius 1 is 1.39 bits per heavy atom. The molecule has 0 aromatic carbocycles. The van der Waals surface area contributed by atoms with Crippen molar-refractivity contribution in [2.75, 3.05) is 31.3 Å². The third-order valence-corrected chi connectivity index (χ3v) is 3.41. The van der Waals surface area contributed by atoms with Crippen molar-refractivity contribution in [2.45, 2.75) is 26.7 Å². The van der Waals surface area contributed by atoms with Gasteiger partial charge >= 0.3 is 0 Å². The molecule has 0 saturated carbocycles.